The van der Waals surface area contributed by atoms with Gasteiger partial charge < -0.3 is 10.0 Å². The van der Waals surface area contributed by atoms with Crippen LogP contribution < -0.4 is 4.90 Å². The molecule has 2 N–H and O–H groups in total. The normalized spacial score (nSPS) is 17.0. The average Bonchev–Trinajstić information content (AvgIpc) is 3.19. The highest BCUT2D eigenvalue weighted by molar-refractivity contribution is 5.61. The summed E-state index contributed by atoms with van der Waals surface area (Å²) in [6.07, 6.45) is 6.42. The summed E-state index contributed by atoms with van der Waals surface area (Å²) in [6, 6.07) is 10.1. The number of hydrogen-bond acceptors (Lipinski definition) is 6. The zero-order valence-corrected chi connectivity index (χ0v) is 13.1. The summed E-state index contributed by atoms with van der Waals surface area (Å²) in [5.74, 6) is 0.692. The third-order valence-electron chi connectivity index (χ3n) is 4.51. The molecule has 4 rings (SSSR count). The molecule has 122 valence electrons. The molecule has 0 spiro atoms. The van der Waals surface area contributed by atoms with E-state index in [9.17, 15) is 5.11 Å². The molecule has 3 aromatic rings. The summed E-state index contributed by atoms with van der Waals surface area (Å²) in [5, 5.41) is 21.1. The Morgan fingerprint density at radius 1 is 0.958 bits per heavy atom. The van der Waals surface area contributed by atoms with Crippen LogP contribution in [-0.4, -0.2) is 43.6 Å². The van der Waals surface area contributed by atoms with Crippen molar-refractivity contribution in [2.45, 2.75) is 18.4 Å². The lowest BCUT2D eigenvalue weighted by Crippen LogP contribution is -2.43. The Kier molecular flexibility index (Phi) is 3.70. The van der Waals surface area contributed by atoms with Gasteiger partial charge in [0.25, 0.3) is 0 Å². The van der Waals surface area contributed by atoms with E-state index in [0.29, 0.717) is 37.6 Å². The maximum Gasteiger partial charge on any atom is 0.225 e. The van der Waals surface area contributed by atoms with Crippen LogP contribution in [0.4, 0.5) is 5.95 Å². The van der Waals surface area contributed by atoms with Gasteiger partial charge in [0, 0.05) is 31.0 Å². The fourth-order valence-corrected chi connectivity index (χ4v) is 3.02. The molecule has 0 unspecified atom stereocenters. The lowest BCUT2D eigenvalue weighted by Gasteiger charge is -2.36. The first-order valence-corrected chi connectivity index (χ1v) is 7.96. The molecule has 0 aliphatic carbocycles. The van der Waals surface area contributed by atoms with Crippen molar-refractivity contribution in [1.82, 2.24) is 25.4 Å². The first-order valence-electron chi connectivity index (χ1n) is 7.96. The van der Waals surface area contributed by atoms with Gasteiger partial charge in [0.1, 0.15) is 11.3 Å². The molecule has 3 heterocycles. The smallest absolute Gasteiger partial charge is 0.225 e. The van der Waals surface area contributed by atoms with Crippen molar-refractivity contribution in [2.24, 2.45) is 0 Å². The third kappa shape index (κ3) is 2.74. The minimum atomic E-state index is -0.923. The zero-order chi connectivity index (χ0) is 16.4. The Hall–Kier alpha value is -2.80. The molecule has 7 heteroatoms. The van der Waals surface area contributed by atoms with Crippen LogP contribution in [-0.2, 0) is 5.60 Å². The second-order valence-electron chi connectivity index (χ2n) is 6.01. The van der Waals surface area contributed by atoms with Crippen molar-refractivity contribution in [3.05, 3.63) is 54.6 Å². The summed E-state index contributed by atoms with van der Waals surface area (Å²) in [7, 11) is 0. The van der Waals surface area contributed by atoms with Gasteiger partial charge in [-0.3, -0.25) is 0 Å². The third-order valence-corrected chi connectivity index (χ3v) is 4.51. The number of aromatic amines is 1. The Bertz CT molecular complexity index is 780. The van der Waals surface area contributed by atoms with E-state index in [1.165, 1.54) is 0 Å². The molecule has 1 aliphatic heterocycles. The number of aromatic nitrogens is 5. The molecule has 1 aliphatic rings. The van der Waals surface area contributed by atoms with Gasteiger partial charge in [-0.25, -0.2) is 9.97 Å². The number of benzene rings is 1. The molecule has 24 heavy (non-hydrogen) atoms. The molecule has 1 saturated heterocycles. The Balaban J connectivity index is 1.46. The number of hydrogen-bond donors (Lipinski definition) is 2. The fraction of sp³-hybridized carbons (Fsp3) is 0.294. The molecule has 0 bridgehead atoms. The van der Waals surface area contributed by atoms with E-state index in [2.05, 4.69) is 30.3 Å². The maximum absolute atomic E-state index is 10.7. The van der Waals surface area contributed by atoms with E-state index in [0.717, 1.165) is 11.1 Å². The number of rotatable bonds is 3. The monoisotopic (exact) mass is 322 g/mol. The van der Waals surface area contributed by atoms with Crippen LogP contribution >= 0.6 is 0 Å². The predicted molar refractivity (Wildman–Crippen MR) is 89.2 cm³/mol. The molecule has 0 saturated carbocycles. The van der Waals surface area contributed by atoms with Gasteiger partial charge >= 0.3 is 0 Å². The largest absolute Gasteiger partial charge is 0.383 e. The van der Waals surface area contributed by atoms with Crippen LogP contribution in [0.2, 0.25) is 0 Å². The predicted octanol–water partition coefficient (Wildman–Crippen LogP) is 1.75. The number of nitrogens with zero attached hydrogens (tertiary/aromatic N) is 5. The zero-order valence-electron chi connectivity index (χ0n) is 13.1. The van der Waals surface area contributed by atoms with E-state index in [4.69, 9.17) is 0 Å². The Morgan fingerprint density at radius 3 is 2.29 bits per heavy atom. The molecule has 0 amide bonds. The topological polar surface area (TPSA) is 90.8 Å². The molecule has 7 nitrogen and oxygen atoms in total. The lowest BCUT2D eigenvalue weighted by molar-refractivity contribution is 0.00729. The second kappa shape index (κ2) is 6.01. The van der Waals surface area contributed by atoms with E-state index >= 15 is 0 Å². The fourth-order valence-electron chi connectivity index (χ4n) is 3.02. The van der Waals surface area contributed by atoms with Crippen LogP contribution in [0.15, 0.2) is 48.9 Å². The number of nitrogens with one attached hydrogen (secondary N) is 1. The van der Waals surface area contributed by atoms with Gasteiger partial charge in [0.2, 0.25) is 5.95 Å². The van der Waals surface area contributed by atoms with Crippen LogP contribution in [0.25, 0.3) is 11.1 Å². The van der Waals surface area contributed by atoms with Crippen molar-refractivity contribution < 1.29 is 5.11 Å². The highest BCUT2D eigenvalue weighted by atomic mass is 16.3. The maximum atomic E-state index is 10.7. The Morgan fingerprint density at radius 2 is 1.67 bits per heavy atom. The number of H-pyrrole nitrogens is 1. The molecule has 1 fully saturated rings. The summed E-state index contributed by atoms with van der Waals surface area (Å²) in [4.78, 5) is 11.1. The van der Waals surface area contributed by atoms with Gasteiger partial charge in [-0.05, 0) is 18.4 Å². The van der Waals surface area contributed by atoms with Gasteiger partial charge in [-0.15, -0.1) is 0 Å². The van der Waals surface area contributed by atoms with Crippen LogP contribution in [0.3, 0.4) is 0 Å². The number of anilines is 1. The van der Waals surface area contributed by atoms with Gasteiger partial charge in [0.05, 0.1) is 6.20 Å². The summed E-state index contributed by atoms with van der Waals surface area (Å²) < 4.78 is 0. The van der Waals surface area contributed by atoms with E-state index in [1.807, 2.05) is 42.7 Å². The minimum absolute atomic E-state index is 0.573. The highest BCUT2D eigenvalue weighted by Gasteiger charge is 2.36. The number of piperidine rings is 1. The van der Waals surface area contributed by atoms with Gasteiger partial charge in [-0.2, -0.15) is 15.4 Å². The molecule has 1 aromatic carbocycles. The van der Waals surface area contributed by atoms with E-state index in [-0.39, 0.29) is 0 Å². The van der Waals surface area contributed by atoms with Crippen molar-refractivity contribution in [3.63, 3.8) is 0 Å². The SMILES string of the molecule is OC1(c2cn[nH]n2)CCN(c2ncc(-c3ccccc3)cn2)CC1. The first kappa shape index (κ1) is 14.8. The van der Waals surface area contributed by atoms with Crippen molar-refractivity contribution >= 4 is 5.95 Å². The van der Waals surface area contributed by atoms with Crippen molar-refractivity contribution in [2.75, 3.05) is 18.0 Å². The highest BCUT2D eigenvalue weighted by Crippen LogP contribution is 2.32. The summed E-state index contributed by atoms with van der Waals surface area (Å²) in [6.45, 7) is 1.35. The standard InChI is InChI=1S/C17H18N6O/c24-17(15-12-20-22-21-15)6-8-23(9-7-17)16-18-10-14(11-19-16)13-4-2-1-3-5-13/h1-5,10-12,24H,6-9H2,(H,20,21,22). The van der Waals surface area contributed by atoms with Crippen LogP contribution in [0.1, 0.15) is 18.5 Å². The lowest BCUT2D eigenvalue weighted by atomic mass is 9.89. The minimum Gasteiger partial charge on any atom is -0.383 e. The molecule has 0 radical (unpaired) electrons. The van der Waals surface area contributed by atoms with E-state index < -0.39 is 5.60 Å². The number of aliphatic hydroxyl groups is 1. The quantitative estimate of drug-likeness (QED) is 0.763. The average molecular weight is 322 g/mol. The summed E-state index contributed by atoms with van der Waals surface area (Å²) >= 11 is 0. The molecular weight excluding hydrogens is 304 g/mol. The van der Waals surface area contributed by atoms with E-state index in [1.54, 1.807) is 6.20 Å². The Labute approximate surface area is 139 Å². The van der Waals surface area contributed by atoms with Crippen LogP contribution in [0.5, 0.6) is 0 Å². The first-order chi connectivity index (χ1) is 11.7. The molecule has 2 aromatic heterocycles. The molecule has 0 atom stereocenters. The van der Waals surface area contributed by atoms with Crippen molar-refractivity contribution in [3.8, 4) is 11.1 Å². The van der Waals surface area contributed by atoms with Crippen molar-refractivity contribution in [1.29, 1.82) is 0 Å². The van der Waals surface area contributed by atoms with Gasteiger partial charge in [0.15, 0.2) is 0 Å². The second-order valence-corrected chi connectivity index (χ2v) is 6.01. The van der Waals surface area contributed by atoms with Gasteiger partial charge in [-0.1, -0.05) is 30.3 Å². The molecular formula is C17H18N6O. The van der Waals surface area contributed by atoms with Crippen LogP contribution in [0, 0.1) is 0 Å². The summed E-state index contributed by atoms with van der Waals surface area (Å²) in [5.41, 5.74) is 1.77.